The number of piperidine rings is 1. The summed E-state index contributed by atoms with van der Waals surface area (Å²) in [5.74, 6) is 0. The van der Waals surface area contributed by atoms with Crippen molar-refractivity contribution in [3.8, 4) is 0 Å². The van der Waals surface area contributed by atoms with Crippen LogP contribution in [0.15, 0.2) is 12.2 Å². The van der Waals surface area contributed by atoms with Gasteiger partial charge in [-0.05, 0) is 45.8 Å². The van der Waals surface area contributed by atoms with E-state index in [1.54, 1.807) is 0 Å². The first-order chi connectivity index (χ1) is 7.50. The van der Waals surface area contributed by atoms with Crippen molar-refractivity contribution in [2.75, 3.05) is 6.54 Å². The summed E-state index contributed by atoms with van der Waals surface area (Å²) in [5, 5.41) is 6.11. The summed E-state index contributed by atoms with van der Waals surface area (Å²) in [6, 6.07) is 1.10. The molecule has 1 rings (SSSR count). The van der Waals surface area contributed by atoms with Gasteiger partial charge in [-0.3, -0.25) is 5.43 Å². The van der Waals surface area contributed by atoms with E-state index in [9.17, 15) is 0 Å². The second kappa shape index (κ2) is 6.21. The van der Waals surface area contributed by atoms with Crippen molar-refractivity contribution in [2.24, 2.45) is 0 Å². The fraction of sp³-hybridized carbons (Fsp3) is 0.750. The molecule has 1 fully saturated rings. The van der Waals surface area contributed by atoms with Gasteiger partial charge in [0.15, 0.2) is 5.11 Å². The Kier molecular flexibility index (Phi) is 5.22. The van der Waals surface area contributed by atoms with Gasteiger partial charge in [0.25, 0.3) is 0 Å². The van der Waals surface area contributed by atoms with Crippen LogP contribution < -0.4 is 10.7 Å². The third kappa shape index (κ3) is 4.10. The minimum absolute atomic E-state index is 0.549. The lowest BCUT2D eigenvalue weighted by Gasteiger charge is -2.39. The third-order valence-corrected chi connectivity index (χ3v) is 3.21. The van der Waals surface area contributed by atoms with Crippen LogP contribution in [0.2, 0.25) is 0 Å². The predicted octanol–water partition coefficient (Wildman–Crippen LogP) is 2.20. The van der Waals surface area contributed by atoms with E-state index in [0.717, 1.165) is 12.1 Å². The van der Waals surface area contributed by atoms with Crippen molar-refractivity contribution < 1.29 is 0 Å². The van der Waals surface area contributed by atoms with Gasteiger partial charge in [-0.1, -0.05) is 18.6 Å². The molecule has 0 aliphatic carbocycles. The molecule has 0 unspecified atom stereocenters. The monoisotopic (exact) mass is 241 g/mol. The Morgan fingerprint density at radius 3 is 2.44 bits per heavy atom. The van der Waals surface area contributed by atoms with Gasteiger partial charge in [0.1, 0.15) is 0 Å². The van der Waals surface area contributed by atoms with Crippen LogP contribution >= 0.6 is 12.2 Å². The maximum absolute atomic E-state index is 5.25. The summed E-state index contributed by atoms with van der Waals surface area (Å²) in [7, 11) is 0. The molecule has 0 radical (unpaired) electrons. The number of hydrogen-bond acceptors (Lipinski definition) is 2. The molecule has 0 aromatic carbocycles. The lowest BCUT2D eigenvalue weighted by atomic mass is 10.00. The SMILES string of the molecule is C=C(C)CNC(=S)NN1[C@H](C)CCC[C@@H]1C. The van der Waals surface area contributed by atoms with Crippen molar-refractivity contribution in [3.63, 3.8) is 0 Å². The second-order valence-corrected chi connectivity index (χ2v) is 5.20. The minimum Gasteiger partial charge on any atom is -0.358 e. The smallest absolute Gasteiger partial charge is 0.181 e. The molecular weight excluding hydrogens is 218 g/mol. The summed E-state index contributed by atoms with van der Waals surface area (Å²) in [4.78, 5) is 0. The van der Waals surface area contributed by atoms with Crippen LogP contribution in [-0.4, -0.2) is 28.7 Å². The van der Waals surface area contributed by atoms with Crippen molar-refractivity contribution in [2.45, 2.75) is 52.1 Å². The Labute approximate surface area is 104 Å². The zero-order valence-corrected chi connectivity index (χ0v) is 11.4. The van der Waals surface area contributed by atoms with Crippen LogP contribution in [0.5, 0.6) is 0 Å². The van der Waals surface area contributed by atoms with Gasteiger partial charge >= 0.3 is 0 Å². The Balaban J connectivity index is 2.39. The Morgan fingerprint density at radius 1 is 1.38 bits per heavy atom. The number of nitrogens with zero attached hydrogens (tertiary/aromatic N) is 1. The summed E-state index contributed by atoms with van der Waals surface area (Å²) in [6.45, 7) is 11.0. The third-order valence-electron chi connectivity index (χ3n) is 2.97. The first-order valence-electron chi connectivity index (χ1n) is 5.98. The molecule has 2 N–H and O–H groups in total. The van der Waals surface area contributed by atoms with Gasteiger partial charge in [-0.25, -0.2) is 5.01 Å². The van der Waals surface area contributed by atoms with Crippen molar-refractivity contribution in [1.82, 2.24) is 15.8 Å². The van der Waals surface area contributed by atoms with Gasteiger partial charge in [0.2, 0.25) is 0 Å². The molecule has 1 aliphatic rings. The van der Waals surface area contributed by atoms with E-state index < -0.39 is 0 Å². The highest BCUT2D eigenvalue weighted by Gasteiger charge is 2.24. The molecular formula is C12H23N3S. The van der Waals surface area contributed by atoms with Gasteiger partial charge < -0.3 is 5.32 Å². The molecule has 0 spiro atoms. The maximum atomic E-state index is 5.25. The Morgan fingerprint density at radius 2 is 1.94 bits per heavy atom. The van der Waals surface area contributed by atoms with Crippen LogP contribution in [0.25, 0.3) is 0 Å². The molecule has 0 aromatic heterocycles. The van der Waals surface area contributed by atoms with E-state index in [4.69, 9.17) is 12.2 Å². The molecule has 1 aliphatic heterocycles. The molecule has 92 valence electrons. The first-order valence-corrected chi connectivity index (χ1v) is 6.38. The maximum Gasteiger partial charge on any atom is 0.181 e. The molecule has 0 amide bonds. The predicted molar refractivity (Wildman–Crippen MR) is 73.2 cm³/mol. The molecule has 0 bridgehead atoms. The number of nitrogens with one attached hydrogen (secondary N) is 2. The highest BCUT2D eigenvalue weighted by Crippen LogP contribution is 2.19. The topological polar surface area (TPSA) is 27.3 Å². The normalized spacial score (nSPS) is 26.2. The van der Waals surface area contributed by atoms with Gasteiger partial charge in [-0.2, -0.15) is 0 Å². The van der Waals surface area contributed by atoms with Gasteiger partial charge in [-0.15, -0.1) is 0 Å². The zero-order valence-electron chi connectivity index (χ0n) is 10.5. The Bertz CT molecular complexity index is 255. The number of hydrogen-bond donors (Lipinski definition) is 2. The van der Waals surface area contributed by atoms with E-state index in [0.29, 0.717) is 17.2 Å². The van der Waals surface area contributed by atoms with E-state index in [2.05, 4.69) is 36.2 Å². The lowest BCUT2D eigenvalue weighted by molar-refractivity contribution is 0.0737. The second-order valence-electron chi connectivity index (χ2n) is 4.79. The van der Waals surface area contributed by atoms with Crippen LogP contribution in [0.1, 0.15) is 40.0 Å². The summed E-state index contributed by atoms with van der Waals surface area (Å²) in [6.07, 6.45) is 3.79. The molecule has 1 heterocycles. The molecule has 0 aromatic rings. The largest absolute Gasteiger partial charge is 0.358 e. The van der Waals surface area contributed by atoms with Crippen LogP contribution in [0.3, 0.4) is 0 Å². The van der Waals surface area contributed by atoms with Crippen molar-refractivity contribution in [1.29, 1.82) is 0 Å². The van der Waals surface area contributed by atoms with E-state index in [1.165, 1.54) is 19.3 Å². The molecule has 1 saturated heterocycles. The highest BCUT2D eigenvalue weighted by atomic mass is 32.1. The summed E-state index contributed by atoms with van der Waals surface area (Å²) >= 11 is 5.25. The van der Waals surface area contributed by atoms with Crippen LogP contribution in [-0.2, 0) is 0 Å². The fourth-order valence-electron chi connectivity index (χ4n) is 2.03. The van der Waals surface area contributed by atoms with E-state index in [1.807, 2.05) is 6.92 Å². The van der Waals surface area contributed by atoms with Crippen molar-refractivity contribution >= 4 is 17.3 Å². The van der Waals surface area contributed by atoms with E-state index >= 15 is 0 Å². The van der Waals surface area contributed by atoms with Crippen molar-refractivity contribution in [3.05, 3.63) is 12.2 Å². The molecule has 16 heavy (non-hydrogen) atoms. The molecule has 2 atom stereocenters. The summed E-state index contributed by atoms with van der Waals surface area (Å²) < 4.78 is 0. The highest BCUT2D eigenvalue weighted by molar-refractivity contribution is 7.80. The van der Waals surface area contributed by atoms with Crippen LogP contribution in [0, 0.1) is 0 Å². The first kappa shape index (κ1) is 13.5. The quantitative estimate of drug-likeness (QED) is 0.585. The molecule has 0 saturated carbocycles. The number of hydrazine groups is 1. The lowest BCUT2D eigenvalue weighted by Crippen LogP contribution is -2.56. The zero-order chi connectivity index (χ0) is 12.1. The fourth-order valence-corrected chi connectivity index (χ4v) is 2.21. The summed E-state index contributed by atoms with van der Waals surface area (Å²) in [5.41, 5.74) is 4.37. The number of rotatable bonds is 3. The van der Waals surface area contributed by atoms with E-state index in [-0.39, 0.29) is 0 Å². The van der Waals surface area contributed by atoms with Gasteiger partial charge in [0, 0.05) is 18.6 Å². The standard InChI is InChI=1S/C12H23N3S/c1-9(2)8-13-12(16)14-15-10(3)6-5-7-11(15)4/h10-11H,1,5-8H2,2-4H3,(H2,13,14,16)/t10-,11+. The molecule has 3 nitrogen and oxygen atoms in total. The minimum atomic E-state index is 0.549. The average molecular weight is 241 g/mol. The Hall–Kier alpha value is -0.610. The number of thiocarbonyl (C=S) groups is 1. The van der Waals surface area contributed by atoms with Gasteiger partial charge in [0.05, 0.1) is 0 Å². The molecule has 4 heteroatoms. The average Bonchev–Trinajstić information content (AvgIpc) is 2.21. The van der Waals surface area contributed by atoms with Crippen LogP contribution in [0.4, 0.5) is 0 Å².